The first-order valence-corrected chi connectivity index (χ1v) is 6.32. The minimum absolute atomic E-state index is 0.146. The van der Waals surface area contributed by atoms with Crippen molar-refractivity contribution in [3.63, 3.8) is 0 Å². The summed E-state index contributed by atoms with van der Waals surface area (Å²) >= 11 is 0. The molecule has 1 amide bonds. The normalized spacial score (nSPS) is 10.5. The Morgan fingerprint density at radius 2 is 2.05 bits per heavy atom. The Kier molecular flexibility index (Phi) is 3.51. The van der Waals surface area contributed by atoms with E-state index in [9.17, 15) is 9.18 Å². The molecule has 5 nitrogen and oxygen atoms in total. The molecule has 0 bridgehead atoms. The summed E-state index contributed by atoms with van der Waals surface area (Å²) in [6.07, 6.45) is 1.71. The highest BCUT2D eigenvalue weighted by Crippen LogP contribution is 2.16. The minimum atomic E-state index is -0.348. The summed E-state index contributed by atoms with van der Waals surface area (Å²) in [5, 5.41) is 10.4. The second-order valence-electron chi connectivity index (χ2n) is 4.46. The van der Waals surface area contributed by atoms with Crippen molar-refractivity contribution < 1.29 is 13.9 Å². The van der Waals surface area contributed by atoms with Crippen LogP contribution in [0.25, 0.3) is 10.9 Å². The number of nitrogens with one attached hydrogen (secondary N) is 2. The third-order valence-electron chi connectivity index (χ3n) is 2.91. The van der Waals surface area contributed by atoms with Crippen molar-refractivity contribution in [1.82, 2.24) is 10.2 Å². The summed E-state index contributed by atoms with van der Waals surface area (Å²) in [6, 6.07) is 10.9. The Balaban J connectivity index is 1.59. The van der Waals surface area contributed by atoms with Gasteiger partial charge < -0.3 is 10.1 Å². The van der Waals surface area contributed by atoms with E-state index in [1.807, 2.05) is 6.07 Å². The minimum Gasteiger partial charge on any atom is -0.484 e. The lowest BCUT2D eigenvalue weighted by atomic mass is 10.2. The van der Waals surface area contributed by atoms with Crippen molar-refractivity contribution in [3.8, 4) is 5.75 Å². The zero-order chi connectivity index (χ0) is 14.7. The first kappa shape index (κ1) is 13.1. The number of H-pyrrole nitrogens is 1. The van der Waals surface area contributed by atoms with Gasteiger partial charge in [-0.05, 0) is 42.5 Å². The zero-order valence-electron chi connectivity index (χ0n) is 11.0. The second-order valence-corrected chi connectivity index (χ2v) is 4.46. The van der Waals surface area contributed by atoms with Crippen LogP contribution in [0.4, 0.5) is 10.1 Å². The molecule has 1 aromatic heterocycles. The molecule has 0 aliphatic heterocycles. The van der Waals surface area contributed by atoms with E-state index in [0.717, 1.165) is 10.9 Å². The molecule has 0 spiro atoms. The number of nitrogens with zero attached hydrogens (tertiary/aromatic N) is 1. The predicted octanol–water partition coefficient (Wildman–Crippen LogP) is 2.72. The van der Waals surface area contributed by atoms with Crippen LogP contribution in [0, 0.1) is 5.82 Å². The van der Waals surface area contributed by atoms with E-state index < -0.39 is 0 Å². The van der Waals surface area contributed by atoms with Crippen molar-refractivity contribution in [2.24, 2.45) is 0 Å². The average molecular weight is 285 g/mol. The standard InChI is InChI=1S/C15H12FN3O2/c16-11-2-5-13(6-3-11)21-9-15(20)18-12-4-1-10-8-17-19-14(10)7-12/h1-8H,9H2,(H,17,19)(H,18,20). The number of carbonyl (C=O) groups is 1. The molecule has 0 unspecified atom stereocenters. The van der Waals surface area contributed by atoms with Crippen molar-refractivity contribution in [2.75, 3.05) is 11.9 Å². The van der Waals surface area contributed by atoms with E-state index in [0.29, 0.717) is 11.4 Å². The smallest absolute Gasteiger partial charge is 0.262 e. The van der Waals surface area contributed by atoms with Gasteiger partial charge in [0.05, 0.1) is 11.7 Å². The first-order chi connectivity index (χ1) is 10.2. The summed E-state index contributed by atoms with van der Waals surface area (Å²) in [5.41, 5.74) is 1.49. The van der Waals surface area contributed by atoms with Crippen LogP contribution in [0.15, 0.2) is 48.7 Å². The van der Waals surface area contributed by atoms with Crippen LogP contribution in [-0.2, 0) is 4.79 Å². The Morgan fingerprint density at radius 1 is 1.24 bits per heavy atom. The zero-order valence-corrected chi connectivity index (χ0v) is 11.0. The summed E-state index contributed by atoms with van der Waals surface area (Å²) in [5.74, 6) is -0.201. The molecular formula is C15H12FN3O2. The maximum Gasteiger partial charge on any atom is 0.262 e. The van der Waals surface area contributed by atoms with Gasteiger partial charge in [-0.25, -0.2) is 4.39 Å². The van der Waals surface area contributed by atoms with Crippen LogP contribution < -0.4 is 10.1 Å². The van der Waals surface area contributed by atoms with Crippen LogP contribution in [0.3, 0.4) is 0 Å². The van der Waals surface area contributed by atoms with Crippen molar-refractivity contribution in [2.45, 2.75) is 0 Å². The number of aromatic nitrogens is 2. The second kappa shape index (κ2) is 5.62. The molecule has 0 atom stereocenters. The fraction of sp³-hybridized carbons (Fsp3) is 0.0667. The maximum atomic E-state index is 12.7. The Bertz CT molecular complexity index is 768. The number of carbonyl (C=O) groups excluding carboxylic acids is 1. The van der Waals surface area contributed by atoms with E-state index in [4.69, 9.17) is 4.74 Å². The molecule has 0 aliphatic carbocycles. The molecule has 106 valence electrons. The number of hydrogen-bond acceptors (Lipinski definition) is 3. The van der Waals surface area contributed by atoms with E-state index >= 15 is 0 Å². The monoisotopic (exact) mass is 285 g/mol. The fourth-order valence-electron chi connectivity index (χ4n) is 1.89. The molecule has 0 saturated heterocycles. The molecule has 0 fully saturated rings. The van der Waals surface area contributed by atoms with Gasteiger partial charge in [0.15, 0.2) is 6.61 Å². The van der Waals surface area contributed by atoms with E-state index in [1.165, 1.54) is 24.3 Å². The topological polar surface area (TPSA) is 67.0 Å². The van der Waals surface area contributed by atoms with Gasteiger partial charge in [-0.15, -0.1) is 0 Å². The number of hydrogen-bond donors (Lipinski definition) is 2. The lowest BCUT2D eigenvalue weighted by Gasteiger charge is -2.07. The fourth-order valence-corrected chi connectivity index (χ4v) is 1.89. The van der Waals surface area contributed by atoms with E-state index in [2.05, 4.69) is 15.5 Å². The van der Waals surface area contributed by atoms with Gasteiger partial charge >= 0.3 is 0 Å². The lowest BCUT2D eigenvalue weighted by Crippen LogP contribution is -2.20. The largest absolute Gasteiger partial charge is 0.484 e. The molecule has 2 N–H and O–H groups in total. The van der Waals surface area contributed by atoms with E-state index in [-0.39, 0.29) is 18.3 Å². The number of anilines is 1. The van der Waals surface area contributed by atoms with Gasteiger partial charge in [-0.3, -0.25) is 9.89 Å². The summed E-state index contributed by atoms with van der Waals surface area (Å²) in [4.78, 5) is 11.8. The molecular weight excluding hydrogens is 273 g/mol. The molecule has 6 heteroatoms. The number of amides is 1. The quantitative estimate of drug-likeness (QED) is 0.774. The number of rotatable bonds is 4. The molecule has 2 aromatic carbocycles. The summed E-state index contributed by atoms with van der Waals surface area (Å²) < 4.78 is 18.0. The summed E-state index contributed by atoms with van der Waals surface area (Å²) in [6.45, 7) is -0.146. The molecule has 0 aliphatic rings. The molecule has 0 saturated carbocycles. The van der Waals surface area contributed by atoms with Gasteiger partial charge in [-0.2, -0.15) is 5.10 Å². The predicted molar refractivity (Wildman–Crippen MR) is 76.6 cm³/mol. The highest BCUT2D eigenvalue weighted by Gasteiger charge is 2.05. The third-order valence-corrected chi connectivity index (χ3v) is 2.91. The van der Waals surface area contributed by atoms with Crippen molar-refractivity contribution in [3.05, 3.63) is 54.5 Å². The lowest BCUT2D eigenvalue weighted by molar-refractivity contribution is -0.118. The van der Waals surface area contributed by atoms with Gasteiger partial charge in [0.2, 0.25) is 0 Å². The van der Waals surface area contributed by atoms with Gasteiger partial charge in [0.1, 0.15) is 11.6 Å². The first-order valence-electron chi connectivity index (χ1n) is 6.32. The molecule has 1 heterocycles. The highest BCUT2D eigenvalue weighted by molar-refractivity contribution is 5.94. The number of fused-ring (bicyclic) bond motifs is 1. The van der Waals surface area contributed by atoms with Crippen LogP contribution in [0.1, 0.15) is 0 Å². The van der Waals surface area contributed by atoms with Crippen LogP contribution in [0.2, 0.25) is 0 Å². The molecule has 3 aromatic rings. The number of halogens is 1. The van der Waals surface area contributed by atoms with Crippen LogP contribution in [0.5, 0.6) is 5.75 Å². The average Bonchev–Trinajstić information content (AvgIpc) is 2.94. The Hall–Kier alpha value is -2.89. The van der Waals surface area contributed by atoms with Gasteiger partial charge in [0.25, 0.3) is 5.91 Å². The van der Waals surface area contributed by atoms with E-state index in [1.54, 1.807) is 18.3 Å². The third kappa shape index (κ3) is 3.17. The van der Waals surface area contributed by atoms with Gasteiger partial charge in [-0.1, -0.05) is 0 Å². The molecule has 3 rings (SSSR count). The molecule has 0 radical (unpaired) electrons. The Morgan fingerprint density at radius 3 is 2.86 bits per heavy atom. The van der Waals surface area contributed by atoms with Crippen molar-refractivity contribution >= 4 is 22.5 Å². The van der Waals surface area contributed by atoms with Crippen LogP contribution in [-0.4, -0.2) is 22.7 Å². The highest BCUT2D eigenvalue weighted by atomic mass is 19.1. The van der Waals surface area contributed by atoms with Gasteiger partial charge in [0, 0.05) is 11.1 Å². The SMILES string of the molecule is O=C(COc1ccc(F)cc1)Nc1ccc2cn[nH]c2c1. The number of aromatic amines is 1. The van der Waals surface area contributed by atoms with Crippen molar-refractivity contribution in [1.29, 1.82) is 0 Å². The maximum absolute atomic E-state index is 12.7. The summed E-state index contributed by atoms with van der Waals surface area (Å²) in [7, 11) is 0. The molecule has 21 heavy (non-hydrogen) atoms. The number of benzene rings is 2. The Labute approximate surface area is 119 Å². The van der Waals surface area contributed by atoms with Crippen LogP contribution >= 0.6 is 0 Å². The number of ether oxygens (including phenoxy) is 1.